The fraction of sp³-hybridized carbons (Fsp3) is 0.667. The normalized spacial score (nSPS) is 13.2. The molecule has 0 aliphatic heterocycles. The first kappa shape index (κ1) is 13.0. The monoisotopic (exact) mass is 208 g/mol. The summed E-state index contributed by atoms with van der Waals surface area (Å²) in [5, 5.41) is 4.24. The zero-order chi connectivity index (χ0) is 11.4. The zero-order valence-corrected chi connectivity index (χ0v) is 8.60. The summed E-state index contributed by atoms with van der Waals surface area (Å²) < 4.78 is 36.3. The lowest BCUT2D eigenvalue weighted by Crippen LogP contribution is -2.31. The third kappa shape index (κ3) is 4.30. The van der Waals surface area contributed by atoms with Gasteiger partial charge in [-0.1, -0.05) is 19.9 Å². The van der Waals surface area contributed by atoms with Gasteiger partial charge in [-0.3, -0.25) is 5.01 Å². The van der Waals surface area contributed by atoms with E-state index in [2.05, 4.69) is 11.8 Å². The first-order chi connectivity index (χ1) is 6.31. The van der Waals surface area contributed by atoms with Gasteiger partial charge in [0.25, 0.3) is 0 Å². The van der Waals surface area contributed by atoms with E-state index in [-0.39, 0.29) is 5.92 Å². The average molecular weight is 208 g/mol. The second kappa shape index (κ2) is 5.02. The predicted molar refractivity (Wildman–Crippen MR) is 50.9 cm³/mol. The number of hydrogen-bond acceptors (Lipinski definition) is 2. The molecule has 0 aromatic heterocycles. The van der Waals surface area contributed by atoms with Crippen molar-refractivity contribution < 1.29 is 13.2 Å². The quantitative estimate of drug-likeness (QED) is 0.512. The van der Waals surface area contributed by atoms with Crippen molar-refractivity contribution >= 4 is 6.72 Å². The summed E-state index contributed by atoms with van der Waals surface area (Å²) in [6.07, 6.45) is -2.64. The molecule has 0 N–H and O–H groups in total. The molecule has 0 heterocycles. The Morgan fingerprint density at radius 2 is 2.00 bits per heavy atom. The topological polar surface area (TPSA) is 15.6 Å². The maximum Gasteiger partial charge on any atom is 0.408 e. The molecule has 0 aromatic rings. The Labute approximate surface area is 82.1 Å². The largest absolute Gasteiger partial charge is 0.408 e. The summed E-state index contributed by atoms with van der Waals surface area (Å²) in [5.74, 6) is -0.00662. The minimum absolute atomic E-state index is 0.00662. The third-order valence-corrected chi connectivity index (χ3v) is 1.69. The third-order valence-electron chi connectivity index (χ3n) is 1.69. The molecular formula is C9H15F3N2. The standard InChI is InChI=1S/C9H15F3N2/c1-5-8(7(2)3)14(13-4)6-9(10,11)12/h5,7H,4,6H2,1-3H3/b8-5-. The van der Waals surface area contributed by atoms with Crippen LogP contribution in [0.5, 0.6) is 0 Å². The van der Waals surface area contributed by atoms with Gasteiger partial charge in [-0.25, -0.2) is 0 Å². The number of hydrogen-bond donors (Lipinski definition) is 0. The number of alkyl halides is 3. The molecule has 0 radical (unpaired) electrons. The number of rotatable bonds is 4. The molecule has 0 saturated heterocycles. The van der Waals surface area contributed by atoms with E-state index in [0.29, 0.717) is 5.70 Å². The van der Waals surface area contributed by atoms with Gasteiger partial charge in [0, 0.05) is 12.4 Å². The Morgan fingerprint density at radius 1 is 1.50 bits per heavy atom. The summed E-state index contributed by atoms with van der Waals surface area (Å²) >= 11 is 0. The second-order valence-electron chi connectivity index (χ2n) is 3.18. The molecule has 82 valence electrons. The Kier molecular flexibility index (Phi) is 4.67. The Bertz CT molecular complexity index is 219. The summed E-state index contributed by atoms with van der Waals surface area (Å²) in [7, 11) is 0. The lowest BCUT2D eigenvalue weighted by atomic mass is 10.1. The van der Waals surface area contributed by atoms with E-state index >= 15 is 0 Å². The minimum Gasteiger partial charge on any atom is -0.261 e. The molecule has 0 amide bonds. The molecule has 0 fully saturated rings. The van der Waals surface area contributed by atoms with Crippen LogP contribution in [-0.4, -0.2) is 24.4 Å². The van der Waals surface area contributed by atoms with E-state index in [1.54, 1.807) is 13.0 Å². The highest BCUT2D eigenvalue weighted by Gasteiger charge is 2.31. The van der Waals surface area contributed by atoms with Crippen molar-refractivity contribution in [2.45, 2.75) is 26.9 Å². The highest BCUT2D eigenvalue weighted by atomic mass is 19.4. The van der Waals surface area contributed by atoms with Gasteiger partial charge in [0.2, 0.25) is 0 Å². The van der Waals surface area contributed by atoms with Crippen LogP contribution < -0.4 is 0 Å². The van der Waals surface area contributed by atoms with Gasteiger partial charge in [-0.2, -0.15) is 18.3 Å². The van der Waals surface area contributed by atoms with Crippen LogP contribution in [0.1, 0.15) is 20.8 Å². The van der Waals surface area contributed by atoms with Gasteiger partial charge >= 0.3 is 6.18 Å². The summed E-state index contributed by atoms with van der Waals surface area (Å²) in [5.41, 5.74) is 0.525. The van der Waals surface area contributed by atoms with E-state index in [1.165, 1.54) is 0 Å². The minimum atomic E-state index is -4.26. The van der Waals surface area contributed by atoms with E-state index in [1.807, 2.05) is 13.8 Å². The van der Waals surface area contributed by atoms with E-state index in [9.17, 15) is 13.2 Å². The van der Waals surface area contributed by atoms with Crippen LogP contribution in [0.3, 0.4) is 0 Å². The predicted octanol–water partition coefficient (Wildman–Crippen LogP) is 3.03. The van der Waals surface area contributed by atoms with Gasteiger partial charge < -0.3 is 0 Å². The van der Waals surface area contributed by atoms with Crippen molar-refractivity contribution in [2.75, 3.05) is 6.54 Å². The molecule has 0 saturated carbocycles. The van der Waals surface area contributed by atoms with Crippen molar-refractivity contribution in [3.63, 3.8) is 0 Å². The SMILES string of the molecule is C=NN(CC(F)(F)F)/C(=C\C)C(C)C. The van der Waals surface area contributed by atoms with Gasteiger partial charge in [-0.05, 0) is 12.8 Å². The molecule has 0 aliphatic carbocycles. The van der Waals surface area contributed by atoms with E-state index in [0.717, 1.165) is 5.01 Å². The molecule has 0 rings (SSSR count). The number of allylic oxidation sites excluding steroid dienone is 2. The van der Waals surface area contributed by atoms with Gasteiger partial charge in [-0.15, -0.1) is 0 Å². The maximum atomic E-state index is 12.1. The molecule has 0 spiro atoms. The Hall–Kier alpha value is -1.00. The van der Waals surface area contributed by atoms with Crippen molar-refractivity contribution in [2.24, 2.45) is 11.0 Å². The molecule has 0 aliphatic rings. The molecule has 0 atom stereocenters. The van der Waals surface area contributed by atoms with E-state index < -0.39 is 12.7 Å². The van der Waals surface area contributed by atoms with Crippen LogP contribution >= 0.6 is 0 Å². The summed E-state index contributed by atoms with van der Waals surface area (Å²) in [6, 6.07) is 0. The fourth-order valence-electron chi connectivity index (χ4n) is 1.17. The number of hydrazone groups is 1. The summed E-state index contributed by atoms with van der Waals surface area (Å²) in [6.45, 7) is 7.35. The van der Waals surface area contributed by atoms with Gasteiger partial charge in [0.15, 0.2) is 0 Å². The molecule has 0 bridgehead atoms. The first-order valence-electron chi connectivity index (χ1n) is 4.29. The lowest BCUT2D eigenvalue weighted by molar-refractivity contribution is -0.142. The Morgan fingerprint density at radius 3 is 2.21 bits per heavy atom. The summed E-state index contributed by atoms with van der Waals surface area (Å²) in [4.78, 5) is 0. The van der Waals surface area contributed by atoms with Crippen LogP contribution in [-0.2, 0) is 0 Å². The van der Waals surface area contributed by atoms with Crippen LogP contribution in [0.25, 0.3) is 0 Å². The van der Waals surface area contributed by atoms with Crippen molar-refractivity contribution in [3.05, 3.63) is 11.8 Å². The molecule has 0 unspecified atom stereocenters. The highest BCUT2D eigenvalue weighted by Crippen LogP contribution is 2.22. The van der Waals surface area contributed by atoms with Crippen molar-refractivity contribution in [1.82, 2.24) is 5.01 Å². The zero-order valence-electron chi connectivity index (χ0n) is 8.60. The molecule has 14 heavy (non-hydrogen) atoms. The second-order valence-corrected chi connectivity index (χ2v) is 3.18. The van der Waals surface area contributed by atoms with Crippen molar-refractivity contribution in [3.8, 4) is 0 Å². The smallest absolute Gasteiger partial charge is 0.261 e. The fourth-order valence-corrected chi connectivity index (χ4v) is 1.17. The van der Waals surface area contributed by atoms with Gasteiger partial charge in [0.1, 0.15) is 6.54 Å². The Balaban J connectivity index is 4.63. The molecule has 5 heteroatoms. The van der Waals surface area contributed by atoms with Crippen molar-refractivity contribution in [1.29, 1.82) is 0 Å². The lowest BCUT2D eigenvalue weighted by Gasteiger charge is -2.25. The van der Waals surface area contributed by atoms with E-state index in [4.69, 9.17) is 0 Å². The maximum absolute atomic E-state index is 12.1. The molecular weight excluding hydrogens is 193 g/mol. The van der Waals surface area contributed by atoms with Gasteiger partial charge in [0.05, 0.1) is 0 Å². The van der Waals surface area contributed by atoms with Crippen LogP contribution in [0, 0.1) is 5.92 Å². The molecule has 0 aromatic carbocycles. The van der Waals surface area contributed by atoms with Crippen LogP contribution in [0.15, 0.2) is 16.9 Å². The van der Waals surface area contributed by atoms with Crippen LogP contribution in [0.4, 0.5) is 13.2 Å². The van der Waals surface area contributed by atoms with Crippen LogP contribution in [0.2, 0.25) is 0 Å². The number of nitrogens with zero attached hydrogens (tertiary/aromatic N) is 2. The number of halogens is 3. The molecule has 2 nitrogen and oxygen atoms in total. The highest BCUT2D eigenvalue weighted by molar-refractivity contribution is 5.23. The first-order valence-corrected chi connectivity index (χ1v) is 4.29. The average Bonchev–Trinajstić information content (AvgIpc) is 2.00.